The number of hydrogen-bond donors (Lipinski definition) is 1. The smallest absolute Gasteiger partial charge is 0.299 e. The van der Waals surface area contributed by atoms with E-state index < -0.39 is 0 Å². The molecule has 0 saturated heterocycles. The number of hydrogen-bond acceptors (Lipinski definition) is 7. The van der Waals surface area contributed by atoms with Crippen LogP contribution in [0.1, 0.15) is 11.4 Å². The SMILES string of the molecule is CNc1snnc1Cn1c(OC)nc(C)cc1=O. The molecule has 0 aromatic carbocycles. The number of methoxy groups -OCH3 is 1. The van der Waals surface area contributed by atoms with E-state index in [0.29, 0.717) is 11.4 Å². The molecular weight excluding hydrogens is 254 g/mol. The second kappa shape index (κ2) is 5.13. The van der Waals surface area contributed by atoms with E-state index >= 15 is 0 Å². The Morgan fingerprint density at radius 1 is 1.56 bits per heavy atom. The van der Waals surface area contributed by atoms with Gasteiger partial charge in [0.25, 0.3) is 11.6 Å². The van der Waals surface area contributed by atoms with Crippen molar-refractivity contribution in [1.82, 2.24) is 19.1 Å². The zero-order valence-corrected chi connectivity index (χ0v) is 11.1. The van der Waals surface area contributed by atoms with Gasteiger partial charge in [-0.3, -0.25) is 9.36 Å². The molecule has 0 radical (unpaired) electrons. The van der Waals surface area contributed by atoms with Gasteiger partial charge in [0.1, 0.15) is 10.7 Å². The van der Waals surface area contributed by atoms with E-state index in [1.165, 1.54) is 29.3 Å². The van der Waals surface area contributed by atoms with Crippen molar-refractivity contribution in [3.8, 4) is 6.01 Å². The number of aromatic nitrogens is 4. The molecule has 0 fully saturated rings. The Morgan fingerprint density at radius 2 is 2.33 bits per heavy atom. The van der Waals surface area contributed by atoms with Crippen LogP contribution >= 0.6 is 11.5 Å². The first-order valence-corrected chi connectivity index (χ1v) is 6.04. The molecule has 2 rings (SSSR count). The molecule has 0 bridgehead atoms. The van der Waals surface area contributed by atoms with E-state index in [9.17, 15) is 4.79 Å². The fourth-order valence-corrected chi connectivity index (χ4v) is 2.07. The molecule has 0 saturated carbocycles. The third-order valence-corrected chi connectivity index (χ3v) is 3.16. The molecular formula is C10H13N5O2S. The predicted molar refractivity (Wildman–Crippen MR) is 68.3 cm³/mol. The number of anilines is 1. The second-order valence-corrected chi connectivity index (χ2v) is 4.36. The molecule has 1 N–H and O–H groups in total. The molecule has 2 aromatic heterocycles. The number of ether oxygens (including phenoxy) is 1. The number of nitrogens with one attached hydrogen (secondary N) is 1. The highest BCUT2D eigenvalue weighted by molar-refractivity contribution is 7.10. The number of aryl methyl sites for hydroxylation is 1. The lowest BCUT2D eigenvalue weighted by atomic mass is 10.4. The van der Waals surface area contributed by atoms with Gasteiger partial charge in [-0.25, -0.2) is 4.98 Å². The Hall–Kier alpha value is -1.96. The van der Waals surface area contributed by atoms with Crippen LogP contribution in [0, 0.1) is 6.92 Å². The van der Waals surface area contributed by atoms with Crippen LogP contribution in [-0.2, 0) is 6.54 Å². The molecule has 2 aromatic rings. The molecule has 0 atom stereocenters. The second-order valence-electron chi connectivity index (χ2n) is 3.61. The van der Waals surface area contributed by atoms with Gasteiger partial charge in [0.2, 0.25) is 0 Å². The first-order chi connectivity index (χ1) is 8.65. The highest BCUT2D eigenvalue weighted by atomic mass is 32.1. The van der Waals surface area contributed by atoms with Gasteiger partial charge in [-0.05, 0) is 6.92 Å². The lowest BCUT2D eigenvalue weighted by molar-refractivity contribution is 0.349. The van der Waals surface area contributed by atoms with E-state index in [1.807, 2.05) is 0 Å². The van der Waals surface area contributed by atoms with Gasteiger partial charge in [0.15, 0.2) is 0 Å². The van der Waals surface area contributed by atoms with Crippen molar-refractivity contribution < 1.29 is 4.74 Å². The van der Waals surface area contributed by atoms with E-state index in [1.54, 1.807) is 14.0 Å². The summed E-state index contributed by atoms with van der Waals surface area (Å²) in [5, 5.41) is 7.79. The Labute approximate surface area is 108 Å². The molecule has 0 aliphatic rings. The summed E-state index contributed by atoms with van der Waals surface area (Å²) >= 11 is 1.24. The minimum Gasteiger partial charge on any atom is -0.468 e. The lowest BCUT2D eigenvalue weighted by Gasteiger charge is -2.10. The summed E-state index contributed by atoms with van der Waals surface area (Å²) in [5.41, 5.74) is 1.14. The fourth-order valence-electron chi connectivity index (χ4n) is 1.55. The van der Waals surface area contributed by atoms with Crippen molar-refractivity contribution in [2.24, 2.45) is 0 Å². The van der Waals surface area contributed by atoms with Crippen molar-refractivity contribution in [2.45, 2.75) is 13.5 Å². The maximum atomic E-state index is 11.9. The van der Waals surface area contributed by atoms with Crippen LogP contribution in [0.2, 0.25) is 0 Å². The third-order valence-electron chi connectivity index (χ3n) is 2.37. The van der Waals surface area contributed by atoms with Crippen LogP contribution in [0.15, 0.2) is 10.9 Å². The van der Waals surface area contributed by atoms with Gasteiger partial charge < -0.3 is 10.1 Å². The Balaban J connectivity index is 2.43. The van der Waals surface area contributed by atoms with Crippen LogP contribution in [0.3, 0.4) is 0 Å². The first kappa shape index (κ1) is 12.5. The van der Waals surface area contributed by atoms with Crippen LogP contribution in [0.5, 0.6) is 6.01 Å². The monoisotopic (exact) mass is 267 g/mol. The zero-order valence-electron chi connectivity index (χ0n) is 10.3. The predicted octanol–water partition coefficient (Wildman–Crippen LogP) is 0.502. The molecule has 96 valence electrons. The summed E-state index contributed by atoms with van der Waals surface area (Å²) in [6.45, 7) is 2.03. The topological polar surface area (TPSA) is 81.9 Å². The normalized spacial score (nSPS) is 10.4. The lowest BCUT2D eigenvalue weighted by Crippen LogP contribution is -2.23. The highest BCUT2D eigenvalue weighted by Gasteiger charge is 2.12. The summed E-state index contributed by atoms with van der Waals surface area (Å²) in [7, 11) is 3.27. The standard InChI is InChI=1S/C10H13N5O2S/c1-6-4-8(16)15(10(12-6)17-3)5-7-9(11-2)18-14-13-7/h4,11H,5H2,1-3H3. The molecule has 0 aliphatic carbocycles. The molecule has 0 spiro atoms. The van der Waals surface area contributed by atoms with Crippen molar-refractivity contribution in [3.05, 3.63) is 27.8 Å². The maximum Gasteiger partial charge on any atom is 0.299 e. The van der Waals surface area contributed by atoms with E-state index in [2.05, 4.69) is 19.9 Å². The van der Waals surface area contributed by atoms with Crippen molar-refractivity contribution in [1.29, 1.82) is 0 Å². The van der Waals surface area contributed by atoms with Gasteiger partial charge in [-0.1, -0.05) is 4.49 Å². The fraction of sp³-hybridized carbons (Fsp3) is 0.400. The Bertz CT molecular complexity index is 607. The van der Waals surface area contributed by atoms with Crippen molar-refractivity contribution in [3.63, 3.8) is 0 Å². The maximum absolute atomic E-state index is 11.9. The summed E-state index contributed by atoms with van der Waals surface area (Å²) in [6.07, 6.45) is 0. The molecule has 2 heterocycles. The van der Waals surface area contributed by atoms with Gasteiger partial charge >= 0.3 is 0 Å². The van der Waals surface area contributed by atoms with Gasteiger partial charge in [0.05, 0.1) is 13.7 Å². The van der Waals surface area contributed by atoms with E-state index in [4.69, 9.17) is 4.74 Å². The summed E-state index contributed by atoms with van der Waals surface area (Å²) < 4.78 is 10.4. The summed E-state index contributed by atoms with van der Waals surface area (Å²) in [5.74, 6) is 0. The van der Waals surface area contributed by atoms with E-state index in [-0.39, 0.29) is 18.1 Å². The average Bonchev–Trinajstić information content (AvgIpc) is 2.79. The van der Waals surface area contributed by atoms with Crippen molar-refractivity contribution in [2.75, 3.05) is 19.5 Å². The molecule has 8 heteroatoms. The van der Waals surface area contributed by atoms with Crippen LogP contribution < -0.4 is 15.6 Å². The molecule has 0 unspecified atom stereocenters. The quantitative estimate of drug-likeness (QED) is 0.868. The van der Waals surface area contributed by atoms with Gasteiger partial charge in [-0.2, -0.15) is 0 Å². The average molecular weight is 267 g/mol. The number of nitrogens with zero attached hydrogens (tertiary/aromatic N) is 4. The Morgan fingerprint density at radius 3 is 3.00 bits per heavy atom. The highest BCUT2D eigenvalue weighted by Crippen LogP contribution is 2.18. The summed E-state index contributed by atoms with van der Waals surface area (Å²) in [6, 6.07) is 1.73. The first-order valence-electron chi connectivity index (χ1n) is 5.27. The van der Waals surface area contributed by atoms with Gasteiger partial charge in [0, 0.05) is 30.3 Å². The van der Waals surface area contributed by atoms with Crippen molar-refractivity contribution >= 4 is 16.5 Å². The minimum atomic E-state index is -0.172. The Kier molecular flexibility index (Phi) is 3.56. The largest absolute Gasteiger partial charge is 0.468 e. The third kappa shape index (κ3) is 2.33. The molecule has 0 aliphatic heterocycles. The summed E-state index contributed by atoms with van der Waals surface area (Å²) in [4.78, 5) is 16.1. The van der Waals surface area contributed by atoms with E-state index in [0.717, 1.165) is 5.00 Å². The zero-order chi connectivity index (χ0) is 13.1. The van der Waals surface area contributed by atoms with Gasteiger partial charge in [-0.15, -0.1) is 5.10 Å². The van der Waals surface area contributed by atoms with Crippen LogP contribution in [-0.4, -0.2) is 33.3 Å². The van der Waals surface area contributed by atoms with Crippen LogP contribution in [0.4, 0.5) is 5.00 Å². The number of rotatable bonds is 4. The molecule has 0 amide bonds. The molecule has 7 nitrogen and oxygen atoms in total. The van der Waals surface area contributed by atoms with Crippen LogP contribution in [0.25, 0.3) is 0 Å². The molecule has 18 heavy (non-hydrogen) atoms. The minimum absolute atomic E-state index is 0.172.